The molecule has 2 aromatic rings. The molecule has 0 N–H and O–H groups in total. The van der Waals surface area contributed by atoms with Crippen LogP contribution in [0.4, 0.5) is 0 Å². The maximum atomic E-state index is 6.11. The number of hydrogen-bond acceptors (Lipinski definition) is 5. The molecule has 1 aliphatic rings. The first-order valence-electron chi connectivity index (χ1n) is 6.86. The predicted octanol–water partition coefficient (Wildman–Crippen LogP) is 5.32. The molecule has 8 heteroatoms. The molecule has 0 bridgehead atoms. The Balaban J connectivity index is 1.76. The monoisotopic (exact) mass is 391 g/mol. The Kier molecular flexibility index (Phi) is 5.47. The molecule has 1 heterocycles. The molecule has 0 radical (unpaired) electrons. The van der Waals surface area contributed by atoms with Gasteiger partial charge < -0.3 is 0 Å². The summed E-state index contributed by atoms with van der Waals surface area (Å²) in [5.74, 6) is 0. The lowest BCUT2D eigenvalue weighted by Gasteiger charge is -2.22. The molecular formula is C14H15Cl2N3S3. The molecule has 1 aliphatic carbocycles. The second kappa shape index (κ2) is 7.20. The number of hydrogen-bond donors (Lipinski definition) is 0. The van der Waals surface area contributed by atoms with Crippen molar-refractivity contribution in [3.63, 3.8) is 0 Å². The first kappa shape index (κ1) is 16.7. The number of rotatable bonds is 6. The molecule has 22 heavy (non-hydrogen) atoms. The van der Waals surface area contributed by atoms with Crippen LogP contribution in [0.25, 0.3) is 0 Å². The Bertz CT molecular complexity index is 724. The highest BCUT2D eigenvalue weighted by Gasteiger charge is 2.29. The van der Waals surface area contributed by atoms with Crippen molar-refractivity contribution in [1.29, 1.82) is 0 Å². The van der Waals surface area contributed by atoms with Crippen LogP contribution >= 0.6 is 58.5 Å². The van der Waals surface area contributed by atoms with Crippen LogP contribution in [0, 0.1) is 3.95 Å². The van der Waals surface area contributed by atoms with E-state index in [1.54, 1.807) is 23.1 Å². The van der Waals surface area contributed by atoms with Crippen LogP contribution in [0.3, 0.4) is 0 Å². The lowest BCUT2D eigenvalue weighted by molar-refractivity contribution is 0.186. The summed E-state index contributed by atoms with van der Waals surface area (Å²) >= 11 is 20.7. The molecule has 0 aliphatic heterocycles. The number of thioether (sulfide) groups is 1. The van der Waals surface area contributed by atoms with Gasteiger partial charge in [0.2, 0.25) is 0 Å². The van der Waals surface area contributed by atoms with Crippen LogP contribution in [0.5, 0.6) is 0 Å². The topological polar surface area (TPSA) is 21.1 Å². The fraction of sp³-hybridized carbons (Fsp3) is 0.429. The maximum absolute atomic E-state index is 6.11. The van der Waals surface area contributed by atoms with Gasteiger partial charge in [0.1, 0.15) is 0 Å². The highest BCUT2D eigenvalue weighted by molar-refractivity contribution is 8.00. The van der Waals surface area contributed by atoms with Crippen LogP contribution in [-0.4, -0.2) is 27.0 Å². The van der Waals surface area contributed by atoms with Crippen molar-refractivity contribution in [2.24, 2.45) is 0 Å². The Morgan fingerprint density at radius 2 is 2.18 bits per heavy atom. The summed E-state index contributed by atoms with van der Waals surface area (Å²) in [5, 5.41) is 5.75. The van der Waals surface area contributed by atoms with Crippen molar-refractivity contribution in [3.05, 3.63) is 37.8 Å². The van der Waals surface area contributed by atoms with Gasteiger partial charge in [-0.25, -0.2) is 4.68 Å². The van der Waals surface area contributed by atoms with Gasteiger partial charge in [0.15, 0.2) is 8.29 Å². The molecule has 0 saturated heterocycles. The van der Waals surface area contributed by atoms with Crippen LogP contribution in [0.2, 0.25) is 10.0 Å². The van der Waals surface area contributed by atoms with Crippen molar-refractivity contribution >= 4 is 58.5 Å². The quantitative estimate of drug-likeness (QED) is 0.489. The number of benzene rings is 1. The third-order valence-corrected chi connectivity index (χ3v) is 6.53. The zero-order valence-electron chi connectivity index (χ0n) is 12.0. The normalized spacial score (nSPS) is 14.7. The van der Waals surface area contributed by atoms with Crippen molar-refractivity contribution in [1.82, 2.24) is 14.7 Å². The predicted molar refractivity (Wildman–Crippen MR) is 97.7 cm³/mol. The Labute approximate surface area is 153 Å². The molecule has 1 aromatic carbocycles. The molecule has 3 rings (SSSR count). The van der Waals surface area contributed by atoms with Gasteiger partial charge in [0.25, 0.3) is 0 Å². The van der Waals surface area contributed by atoms with E-state index in [1.165, 1.54) is 12.8 Å². The van der Waals surface area contributed by atoms with E-state index < -0.39 is 0 Å². The molecule has 1 fully saturated rings. The van der Waals surface area contributed by atoms with Crippen molar-refractivity contribution in [3.8, 4) is 0 Å². The Morgan fingerprint density at radius 1 is 1.41 bits per heavy atom. The van der Waals surface area contributed by atoms with Crippen LogP contribution < -0.4 is 0 Å². The van der Waals surface area contributed by atoms with Crippen molar-refractivity contribution in [2.45, 2.75) is 36.4 Å². The van der Waals surface area contributed by atoms with E-state index in [4.69, 9.17) is 35.4 Å². The second-order valence-corrected chi connectivity index (χ2v) is 8.70. The Morgan fingerprint density at radius 3 is 2.77 bits per heavy atom. The van der Waals surface area contributed by atoms with Gasteiger partial charge in [0.05, 0.1) is 16.7 Å². The average Bonchev–Trinajstić information content (AvgIpc) is 3.27. The van der Waals surface area contributed by atoms with E-state index in [-0.39, 0.29) is 0 Å². The minimum atomic E-state index is 0.592. The molecule has 1 aromatic heterocycles. The van der Waals surface area contributed by atoms with Gasteiger partial charge in [-0.3, -0.25) is 4.90 Å². The lowest BCUT2D eigenvalue weighted by Crippen LogP contribution is -2.28. The summed E-state index contributed by atoms with van der Waals surface area (Å²) in [6.07, 6.45) is 4.48. The van der Waals surface area contributed by atoms with Gasteiger partial charge in [-0.1, -0.05) is 52.4 Å². The van der Waals surface area contributed by atoms with E-state index in [2.05, 4.69) is 10.00 Å². The first-order chi connectivity index (χ1) is 10.6. The lowest BCUT2D eigenvalue weighted by atomic mass is 10.2. The standard InChI is InChI=1S/C14H15Cl2N3S3/c1-21-13-17-19(14(20)22-13)8-18(10-3-4-10)7-9-2-5-11(15)12(16)6-9/h2,5-6,10H,3-4,7-8H2,1H3. The van der Waals surface area contributed by atoms with Gasteiger partial charge in [-0.15, -0.1) is 0 Å². The summed E-state index contributed by atoms with van der Waals surface area (Å²) in [7, 11) is 0. The van der Waals surface area contributed by atoms with E-state index in [0.29, 0.717) is 16.1 Å². The third kappa shape index (κ3) is 4.04. The smallest absolute Gasteiger partial charge is 0.181 e. The molecule has 0 atom stereocenters. The van der Waals surface area contributed by atoms with E-state index >= 15 is 0 Å². The number of nitrogens with zero attached hydrogens (tertiary/aromatic N) is 3. The zero-order valence-corrected chi connectivity index (χ0v) is 15.9. The highest BCUT2D eigenvalue weighted by atomic mass is 35.5. The maximum Gasteiger partial charge on any atom is 0.181 e. The fourth-order valence-electron chi connectivity index (χ4n) is 2.24. The fourth-order valence-corrected chi connectivity index (χ4v) is 4.30. The average molecular weight is 392 g/mol. The number of halogens is 2. The van der Waals surface area contributed by atoms with Crippen molar-refractivity contribution in [2.75, 3.05) is 6.26 Å². The van der Waals surface area contributed by atoms with Crippen LogP contribution in [-0.2, 0) is 13.2 Å². The summed E-state index contributed by atoms with van der Waals surface area (Å²) in [4.78, 5) is 2.40. The molecule has 0 unspecified atom stereocenters. The largest absolute Gasteiger partial charge is 0.277 e. The summed E-state index contributed by atoms with van der Waals surface area (Å²) in [6.45, 7) is 1.55. The second-order valence-electron chi connectivity index (χ2n) is 5.21. The van der Waals surface area contributed by atoms with Crippen LogP contribution in [0.15, 0.2) is 22.5 Å². The zero-order chi connectivity index (χ0) is 15.7. The molecule has 1 saturated carbocycles. The van der Waals surface area contributed by atoms with E-state index in [0.717, 1.165) is 27.1 Å². The highest BCUT2D eigenvalue weighted by Crippen LogP contribution is 2.31. The van der Waals surface area contributed by atoms with Gasteiger partial charge >= 0.3 is 0 Å². The van der Waals surface area contributed by atoms with E-state index in [1.807, 2.05) is 29.1 Å². The molecule has 0 spiro atoms. The van der Waals surface area contributed by atoms with Gasteiger partial charge in [0, 0.05) is 12.6 Å². The van der Waals surface area contributed by atoms with Gasteiger partial charge in [-0.2, -0.15) is 5.10 Å². The number of aromatic nitrogens is 2. The van der Waals surface area contributed by atoms with Gasteiger partial charge in [-0.05, 0) is 49.0 Å². The molecule has 3 nitrogen and oxygen atoms in total. The summed E-state index contributed by atoms with van der Waals surface area (Å²) in [6, 6.07) is 6.42. The van der Waals surface area contributed by atoms with E-state index in [9.17, 15) is 0 Å². The Hall–Kier alpha value is -0.110. The first-order valence-corrected chi connectivity index (χ1v) is 10.1. The SMILES string of the molecule is CSc1nn(CN(Cc2ccc(Cl)c(Cl)c2)C2CC2)c(=S)s1. The van der Waals surface area contributed by atoms with Crippen LogP contribution in [0.1, 0.15) is 18.4 Å². The summed E-state index contributed by atoms with van der Waals surface area (Å²) in [5.41, 5.74) is 1.16. The molecule has 0 amide bonds. The molecular weight excluding hydrogens is 377 g/mol. The minimum Gasteiger partial charge on any atom is -0.277 e. The third-order valence-electron chi connectivity index (χ3n) is 3.51. The summed E-state index contributed by atoms with van der Waals surface area (Å²) < 4.78 is 3.75. The van der Waals surface area contributed by atoms with Crippen molar-refractivity contribution < 1.29 is 0 Å². The molecule has 118 valence electrons. The minimum absolute atomic E-state index is 0.592.